The van der Waals surface area contributed by atoms with Crippen LogP contribution < -0.4 is 15.4 Å². The lowest BCUT2D eigenvalue weighted by Crippen LogP contribution is -2.43. The molecule has 4 amide bonds. The molecule has 0 radical (unpaired) electrons. The molecule has 7 heteroatoms. The molecule has 2 N–H and O–H groups in total. The van der Waals surface area contributed by atoms with Gasteiger partial charge in [-0.3, -0.25) is 14.5 Å². The molecule has 2 aromatic rings. The molecule has 1 heterocycles. The molecule has 1 fully saturated rings. The highest BCUT2D eigenvalue weighted by Crippen LogP contribution is 2.41. The second kappa shape index (κ2) is 6.99. The first kappa shape index (κ1) is 18.0. The zero-order chi connectivity index (χ0) is 19.7. The van der Waals surface area contributed by atoms with Crippen molar-refractivity contribution in [1.82, 2.24) is 15.5 Å². The molecule has 2 aromatic carbocycles. The predicted molar refractivity (Wildman–Crippen MR) is 102 cm³/mol. The average molecular weight is 379 g/mol. The fourth-order valence-corrected chi connectivity index (χ4v) is 3.88. The third kappa shape index (κ3) is 2.98. The van der Waals surface area contributed by atoms with Crippen LogP contribution in [0.4, 0.5) is 4.79 Å². The van der Waals surface area contributed by atoms with Crippen LogP contribution in [0.1, 0.15) is 23.1 Å². The molecular weight excluding hydrogens is 358 g/mol. The van der Waals surface area contributed by atoms with Crippen molar-refractivity contribution in [1.29, 1.82) is 0 Å². The normalized spacial score (nSPS) is 20.2. The van der Waals surface area contributed by atoms with Gasteiger partial charge in [0, 0.05) is 6.54 Å². The molecule has 144 valence electrons. The number of rotatable bonds is 5. The van der Waals surface area contributed by atoms with Gasteiger partial charge in [0.2, 0.25) is 5.91 Å². The van der Waals surface area contributed by atoms with E-state index < -0.39 is 11.6 Å². The number of benzene rings is 2. The van der Waals surface area contributed by atoms with Crippen LogP contribution in [-0.4, -0.2) is 36.4 Å². The molecule has 0 saturated carbocycles. The molecule has 7 nitrogen and oxygen atoms in total. The smallest absolute Gasteiger partial charge is 0.325 e. The Morgan fingerprint density at radius 2 is 1.93 bits per heavy atom. The number of aryl methyl sites for hydroxylation is 1. The fourth-order valence-electron chi connectivity index (χ4n) is 3.88. The Labute approximate surface area is 162 Å². The Morgan fingerprint density at radius 3 is 2.68 bits per heavy atom. The topological polar surface area (TPSA) is 87.7 Å². The van der Waals surface area contributed by atoms with E-state index in [4.69, 9.17) is 4.74 Å². The van der Waals surface area contributed by atoms with Gasteiger partial charge in [-0.15, -0.1) is 0 Å². The lowest BCUT2D eigenvalue weighted by Gasteiger charge is -2.22. The number of urea groups is 1. The van der Waals surface area contributed by atoms with Gasteiger partial charge < -0.3 is 15.4 Å². The lowest BCUT2D eigenvalue weighted by molar-refractivity contribution is -0.135. The maximum atomic E-state index is 13.0. The van der Waals surface area contributed by atoms with Crippen molar-refractivity contribution in [2.45, 2.75) is 24.9 Å². The van der Waals surface area contributed by atoms with Gasteiger partial charge in [-0.2, -0.15) is 0 Å². The first-order chi connectivity index (χ1) is 13.5. The summed E-state index contributed by atoms with van der Waals surface area (Å²) in [5, 5.41) is 5.57. The van der Waals surface area contributed by atoms with Crippen molar-refractivity contribution >= 4 is 17.8 Å². The number of carbonyl (C=O) groups excluding carboxylic acids is 3. The molecule has 28 heavy (non-hydrogen) atoms. The maximum Gasteiger partial charge on any atom is 0.325 e. The molecule has 1 spiro atoms. The van der Waals surface area contributed by atoms with Crippen molar-refractivity contribution in [3.05, 3.63) is 65.2 Å². The summed E-state index contributed by atoms with van der Waals surface area (Å²) in [6.45, 7) is 0.00515. The van der Waals surface area contributed by atoms with Crippen molar-refractivity contribution in [2.24, 2.45) is 0 Å². The number of carbonyl (C=O) groups is 3. The summed E-state index contributed by atoms with van der Waals surface area (Å²) in [5.41, 5.74) is 1.74. The standard InChI is InChI=1S/C21H21N3O4/c1-28-16-8-6-14(7-9-16)12-22-18(25)13-24-19(26)21(23-20(24)27)11-10-15-4-2-3-5-17(15)21/h2-9H,10-13H2,1H3,(H,22,25)(H,23,27)/t21-/m1/s1. The molecule has 1 atom stereocenters. The summed E-state index contributed by atoms with van der Waals surface area (Å²) in [6.07, 6.45) is 1.24. The summed E-state index contributed by atoms with van der Waals surface area (Å²) >= 11 is 0. The van der Waals surface area contributed by atoms with Crippen LogP contribution in [0.15, 0.2) is 48.5 Å². The number of nitrogens with one attached hydrogen (secondary N) is 2. The van der Waals surface area contributed by atoms with Gasteiger partial charge in [-0.05, 0) is 41.7 Å². The predicted octanol–water partition coefficient (Wildman–Crippen LogP) is 1.70. The first-order valence-electron chi connectivity index (χ1n) is 9.15. The highest BCUT2D eigenvalue weighted by Gasteiger charge is 2.55. The molecule has 4 rings (SSSR count). The minimum Gasteiger partial charge on any atom is -0.497 e. The van der Waals surface area contributed by atoms with Gasteiger partial charge in [0.25, 0.3) is 5.91 Å². The molecule has 0 aromatic heterocycles. The van der Waals surface area contributed by atoms with Crippen LogP contribution in [0.2, 0.25) is 0 Å². The number of amides is 4. The third-order valence-corrected chi connectivity index (χ3v) is 5.37. The number of ether oxygens (including phenoxy) is 1. The molecule has 0 bridgehead atoms. The summed E-state index contributed by atoms with van der Waals surface area (Å²) in [4.78, 5) is 38.8. The maximum absolute atomic E-state index is 13.0. The number of methoxy groups -OCH3 is 1. The largest absolute Gasteiger partial charge is 0.497 e. The molecular formula is C21H21N3O4. The second-order valence-corrected chi connectivity index (χ2v) is 7.01. The lowest BCUT2D eigenvalue weighted by atomic mass is 9.92. The molecule has 1 aliphatic heterocycles. The minimum atomic E-state index is -1.04. The molecule has 2 aliphatic rings. The van der Waals surface area contributed by atoms with Crippen LogP contribution in [0.3, 0.4) is 0 Å². The van der Waals surface area contributed by atoms with E-state index in [0.717, 1.165) is 33.8 Å². The van der Waals surface area contributed by atoms with Gasteiger partial charge in [-0.1, -0.05) is 36.4 Å². The van der Waals surface area contributed by atoms with E-state index in [1.807, 2.05) is 36.4 Å². The highest BCUT2D eigenvalue weighted by molar-refractivity contribution is 6.09. The Morgan fingerprint density at radius 1 is 1.18 bits per heavy atom. The van der Waals surface area contributed by atoms with Gasteiger partial charge >= 0.3 is 6.03 Å². The third-order valence-electron chi connectivity index (χ3n) is 5.37. The Bertz CT molecular complexity index is 941. The van der Waals surface area contributed by atoms with Gasteiger partial charge in [0.05, 0.1) is 7.11 Å². The SMILES string of the molecule is COc1ccc(CNC(=O)CN2C(=O)N[C@@]3(CCc4ccccc43)C2=O)cc1. The molecule has 0 unspecified atom stereocenters. The van der Waals surface area contributed by atoms with Gasteiger partial charge in [0.1, 0.15) is 17.8 Å². The summed E-state index contributed by atoms with van der Waals surface area (Å²) < 4.78 is 5.10. The minimum absolute atomic E-state index is 0.301. The number of hydrogen-bond donors (Lipinski definition) is 2. The molecule has 1 saturated heterocycles. The van der Waals surface area contributed by atoms with Crippen molar-refractivity contribution in [3.8, 4) is 5.75 Å². The monoisotopic (exact) mass is 379 g/mol. The van der Waals surface area contributed by atoms with Crippen LogP contribution >= 0.6 is 0 Å². The molecule has 1 aliphatic carbocycles. The Hall–Kier alpha value is -3.35. The van der Waals surface area contributed by atoms with Crippen LogP contribution in [-0.2, 0) is 28.1 Å². The summed E-state index contributed by atoms with van der Waals surface area (Å²) in [6, 6.07) is 14.4. The summed E-state index contributed by atoms with van der Waals surface area (Å²) in [7, 11) is 1.59. The van der Waals surface area contributed by atoms with Crippen molar-refractivity contribution in [2.75, 3.05) is 13.7 Å². The quantitative estimate of drug-likeness (QED) is 0.774. The Kier molecular flexibility index (Phi) is 4.50. The van der Waals surface area contributed by atoms with E-state index in [2.05, 4.69) is 10.6 Å². The van der Waals surface area contributed by atoms with Gasteiger partial charge in [0.15, 0.2) is 0 Å². The Balaban J connectivity index is 1.41. The summed E-state index contributed by atoms with van der Waals surface area (Å²) in [5.74, 6) is -0.0127. The van der Waals surface area contributed by atoms with E-state index in [-0.39, 0.29) is 18.4 Å². The number of imide groups is 1. The zero-order valence-corrected chi connectivity index (χ0v) is 15.5. The first-order valence-corrected chi connectivity index (χ1v) is 9.15. The van der Waals surface area contributed by atoms with Crippen molar-refractivity contribution in [3.63, 3.8) is 0 Å². The van der Waals surface area contributed by atoms with E-state index in [1.165, 1.54) is 0 Å². The number of nitrogens with zero attached hydrogens (tertiary/aromatic N) is 1. The van der Waals surface area contributed by atoms with Gasteiger partial charge in [-0.25, -0.2) is 4.79 Å². The van der Waals surface area contributed by atoms with E-state index in [9.17, 15) is 14.4 Å². The van der Waals surface area contributed by atoms with Crippen LogP contribution in [0, 0.1) is 0 Å². The average Bonchev–Trinajstić information content (AvgIpc) is 3.20. The van der Waals surface area contributed by atoms with E-state index in [1.54, 1.807) is 19.2 Å². The second-order valence-electron chi connectivity index (χ2n) is 7.01. The van der Waals surface area contributed by atoms with Crippen molar-refractivity contribution < 1.29 is 19.1 Å². The fraction of sp³-hybridized carbons (Fsp3) is 0.286. The van der Waals surface area contributed by atoms with Crippen LogP contribution in [0.5, 0.6) is 5.75 Å². The van der Waals surface area contributed by atoms with E-state index in [0.29, 0.717) is 13.0 Å². The number of fused-ring (bicyclic) bond motifs is 2. The van der Waals surface area contributed by atoms with Crippen LogP contribution in [0.25, 0.3) is 0 Å². The van der Waals surface area contributed by atoms with E-state index >= 15 is 0 Å². The number of hydrogen-bond acceptors (Lipinski definition) is 4. The zero-order valence-electron chi connectivity index (χ0n) is 15.5. The highest BCUT2D eigenvalue weighted by atomic mass is 16.5.